The number of hydrogen-bond acceptors (Lipinski definition) is 2. The van der Waals surface area contributed by atoms with Gasteiger partial charge in [-0.2, -0.15) is 0 Å². The minimum absolute atomic E-state index is 0.0141. The highest BCUT2D eigenvalue weighted by molar-refractivity contribution is 6.40. The van der Waals surface area contributed by atoms with E-state index in [4.69, 9.17) is 40.5 Å². The molecule has 70 valence electrons. The average Bonchev–Trinajstić information content (AvgIpc) is 1.96. The van der Waals surface area contributed by atoms with Crippen LogP contribution in [0.1, 0.15) is 0 Å². The fourth-order valence-corrected chi connectivity index (χ4v) is 1.62. The summed E-state index contributed by atoms with van der Waals surface area (Å²) < 4.78 is 4.55. The SMILES string of the molecule is NC(=O)Oc1c(Cl)cc(Cl)cc1Cl. The number of ether oxygens (including phenoxy) is 1. The largest absolute Gasteiger partial charge is 0.410 e. The summed E-state index contributed by atoms with van der Waals surface area (Å²) in [5.41, 5.74) is 4.79. The molecule has 0 spiro atoms. The van der Waals surface area contributed by atoms with Gasteiger partial charge >= 0.3 is 6.09 Å². The molecule has 0 aromatic heterocycles. The van der Waals surface area contributed by atoms with Crippen LogP contribution in [0, 0.1) is 0 Å². The van der Waals surface area contributed by atoms with Crippen molar-refractivity contribution in [2.24, 2.45) is 5.73 Å². The predicted molar refractivity (Wildman–Crippen MR) is 51.7 cm³/mol. The minimum Gasteiger partial charge on any atom is -0.407 e. The maximum Gasteiger partial charge on any atom is 0.410 e. The predicted octanol–water partition coefficient (Wildman–Crippen LogP) is 3.10. The zero-order valence-corrected chi connectivity index (χ0v) is 8.45. The van der Waals surface area contributed by atoms with Crippen LogP contribution < -0.4 is 10.5 Å². The van der Waals surface area contributed by atoms with Crippen molar-refractivity contribution in [3.8, 4) is 5.75 Å². The smallest absolute Gasteiger partial charge is 0.407 e. The summed E-state index contributed by atoms with van der Waals surface area (Å²) in [6.45, 7) is 0. The van der Waals surface area contributed by atoms with Crippen molar-refractivity contribution in [2.45, 2.75) is 0 Å². The van der Waals surface area contributed by atoms with E-state index < -0.39 is 6.09 Å². The van der Waals surface area contributed by atoms with Crippen molar-refractivity contribution in [3.63, 3.8) is 0 Å². The molecular weight excluding hydrogens is 236 g/mol. The van der Waals surface area contributed by atoms with Crippen LogP contribution in [0.25, 0.3) is 0 Å². The Bertz CT molecular complexity index is 331. The van der Waals surface area contributed by atoms with Gasteiger partial charge in [0, 0.05) is 5.02 Å². The lowest BCUT2D eigenvalue weighted by atomic mass is 10.3. The molecule has 0 aliphatic carbocycles. The zero-order chi connectivity index (χ0) is 10.0. The van der Waals surface area contributed by atoms with Crippen LogP contribution in [0.4, 0.5) is 4.79 Å². The van der Waals surface area contributed by atoms with Gasteiger partial charge in [0.05, 0.1) is 10.0 Å². The first kappa shape index (κ1) is 10.4. The third-order valence-corrected chi connectivity index (χ3v) is 1.95. The number of amides is 1. The second kappa shape index (κ2) is 4.05. The van der Waals surface area contributed by atoms with Gasteiger partial charge in [-0.05, 0) is 12.1 Å². The van der Waals surface area contributed by atoms with Crippen LogP contribution in [0.2, 0.25) is 15.1 Å². The molecule has 1 rings (SSSR count). The fourth-order valence-electron chi connectivity index (χ4n) is 0.727. The van der Waals surface area contributed by atoms with E-state index >= 15 is 0 Å². The van der Waals surface area contributed by atoms with E-state index in [1.807, 2.05) is 0 Å². The molecule has 3 nitrogen and oxygen atoms in total. The Morgan fingerprint density at radius 1 is 1.23 bits per heavy atom. The van der Waals surface area contributed by atoms with Crippen LogP contribution in [0.15, 0.2) is 12.1 Å². The molecule has 1 aromatic carbocycles. The Morgan fingerprint density at radius 2 is 1.69 bits per heavy atom. The molecule has 0 aliphatic rings. The molecule has 0 radical (unpaired) electrons. The molecule has 1 aromatic rings. The van der Waals surface area contributed by atoms with Gasteiger partial charge < -0.3 is 10.5 Å². The number of hydrogen-bond donors (Lipinski definition) is 1. The maximum atomic E-state index is 10.4. The fraction of sp³-hybridized carbons (Fsp3) is 0. The van der Waals surface area contributed by atoms with E-state index in [9.17, 15) is 4.79 Å². The summed E-state index contributed by atoms with van der Waals surface area (Å²) in [6, 6.07) is 2.79. The molecule has 0 saturated heterocycles. The van der Waals surface area contributed by atoms with Crippen LogP contribution >= 0.6 is 34.8 Å². The molecule has 0 unspecified atom stereocenters. The first-order chi connectivity index (χ1) is 6.00. The molecule has 1 amide bonds. The Kier molecular flexibility index (Phi) is 3.25. The topological polar surface area (TPSA) is 52.3 Å². The molecule has 6 heteroatoms. The number of halogens is 3. The van der Waals surface area contributed by atoms with E-state index in [1.165, 1.54) is 12.1 Å². The standard InChI is InChI=1S/C7H4Cl3NO2/c8-3-1-4(9)6(5(10)2-3)13-7(11)12/h1-2H,(H2,11,12). The summed E-state index contributed by atoms with van der Waals surface area (Å²) in [4.78, 5) is 10.4. The van der Waals surface area contributed by atoms with Crippen LogP contribution in [-0.2, 0) is 0 Å². The van der Waals surface area contributed by atoms with Gasteiger partial charge in [0.25, 0.3) is 0 Å². The van der Waals surface area contributed by atoms with Crippen molar-refractivity contribution in [1.29, 1.82) is 0 Å². The third-order valence-electron chi connectivity index (χ3n) is 1.17. The van der Waals surface area contributed by atoms with Gasteiger partial charge in [-0.15, -0.1) is 0 Å². The average molecular weight is 240 g/mol. The van der Waals surface area contributed by atoms with Gasteiger partial charge in [0.15, 0.2) is 5.75 Å². The highest BCUT2D eigenvalue weighted by atomic mass is 35.5. The molecule has 0 heterocycles. The minimum atomic E-state index is -0.980. The molecule has 2 N–H and O–H groups in total. The van der Waals surface area contributed by atoms with Crippen molar-refractivity contribution < 1.29 is 9.53 Å². The summed E-state index contributed by atoms with van der Waals surface area (Å²) >= 11 is 17.0. The van der Waals surface area contributed by atoms with Gasteiger partial charge in [-0.25, -0.2) is 4.79 Å². The maximum absolute atomic E-state index is 10.4. The lowest BCUT2D eigenvalue weighted by Gasteiger charge is -2.05. The van der Waals surface area contributed by atoms with E-state index in [2.05, 4.69) is 4.74 Å². The van der Waals surface area contributed by atoms with E-state index in [0.717, 1.165) is 0 Å². The van der Waals surface area contributed by atoms with E-state index in [1.54, 1.807) is 0 Å². The van der Waals surface area contributed by atoms with Crippen LogP contribution in [-0.4, -0.2) is 6.09 Å². The van der Waals surface area contributed by atoms with Crippen molar-refractivity contribution in [3.05, 3.63) is 27.2 Å². The van der Waals surface area contributed by atoms with Crippen LogP contribution in [0.5, 0.6) is 5.75 Å². The monoisotopic (exact) mass is 239 g/mol. The van der Waals surface area contributed by atoms with Gasteiger partial charge in [0.1, 0.15) is 0 Å². The molecule has 0 bridgehead atoms. The normalized spacial score (nSPS) is 9.77. The summed E-state index contributed by atoms with van der Waals surface area (Å²) in [5.74, 6) is 0.0141. The van der Waals surface area contributed by atoms with Gasteiger partial charge in [0.2, 0.25) is 0 Å². The summed E-state index contributed by atoms with van der Waals surface area (Å²) in [5, 5.41) is 0.624. The van der Waals surface area contributed by atoms with Gasteiger partial charge in [-0.3, -0.25) is 0 Å². The highest BCUT2D eigenvalue weighted by Crippen LogP contribution is 2.35. The summed E-state index contributed by atoms with van der Waals surface area (Å²) in [6.07, 6.45) is -0.980. The number of carbonyl (C=O) groups excluding carboxylic acids is 1. The Balaban J connectivity index is 3.13. The number of nitrogens with two attached hydrogens (primary N) is 1. The first-order valence-corrected chi connectivity index (χ1v) is 4.26. The number of primary amides is 1. The van der Waals surface area contributed by atoms with E-state index in [0.29, 0.717) is 5.02 Å². The van der Waals surface area contributed by atoms with Gasteiger partial charge in [-0.1, -0.05) is 34.8 Å². The van der Waals surface area contributed by atoms with Crippen LogP contribution in [0.3, 0.4) is 0 Å². The Morgan fingerprint density at radius 3 is 2.08 bits per heavy atom. The zero-order valence-electron chi connectivity index (χ0n) is 6.18. The Labute approximate surface area is 89.3 Å². The Hall–Kier alpha value is -0.640. The number of benzene rings is 1. The molecule has 0 saturated carbocycles. The lowest BCUT2D eigenvalue weighted by molar-refractivity contribution is 0.211. The second-order valence-corrected chi connectivity index (χ2v) is 3.37. The molecule has 13 heavy (non-hydrogen) atoms. The number of carbonyl (C=O) groups is 1. The highest BCUT2D eigenvalue weighted by Gasteiger charge is 2.11. The van der Waals surface area contributed by atoms with Crippen molar-refractivity contribution in [2.75, 3.05) is 0 Å². The molecule has 0 fully saturated rings. The molecule has 0 aliphatic heterocycles. The third kappa shape index (κ3) is 2.66. The lowest BCUT2D eigenvalue weighted by Crippen LogP contribution is -2.16. The number of rotatable bonds is 1. The molecule has 0 atom stereocenters. The van der Waals surface area contributed by atoms with Crippen molar-refractivity contribution in [1.82, 2.24) is 0 Å². The van der Waals surface area contributed by atoms with Crippen molar-refractivity contribution >= 4 is 40.9 Å². The quantitative estimate of drug-likeness (QED) is 0.820. The second-order valence-electron chi connectivity index (χ2n) is 2.12. The molecular formula is C7H4Cl3NO2. The summed E-state index contributed by atoms with van der Waals surface area (Å²) in [7, 11) is 0. The first-order valence-electron chi connectivity index (χ1n) is 3.12. The van der Waals surface area contributed by atoms with E-state index in [-0.39, 0.29) is 15.8 Å².